The van der Waals surface area contributed by atoms with Gasteiger partial charge in [-0.15, -0.1) is 0 Å². The van der Waals surface area contributed by atoms with E-state index in [9.17, 15) is 9.59 Å². The van der Waals surface area contributed by atoms with Crippen LogP contribution < -0.4 is 5.73 Å². The van der Waals surface area contributed by atoms with Crippen molar-refractivity contribution >= 4 is 40.7 Å². The molecule has 11 nitrogen and oxygen atoms in total. The van der Waals surface area contributed by atoms with Gasteiger partial charge in [-0.25, -0.2) is 15.0 Å². The lowest BCUT2D eigenvalue weighted by molar-refractivity contribution is -0.165. The van der Waals surface area contributed by atoms with Crippen molar-refractivity contribution in [2.75, 3.05) is 23.8 Å². The topological polar surface area (TPSA) is 152 Å². The fourth-order valence-corrected chi connectivity index (χ4v) is 3.83. The highest BCUT2D eigenvalue weighted by Crippen LogP contribution is 2.37. The van der Waals surface area contributed by atoms with Crippen LogP contribution in [0, 0.1) is 0 Å². The predicted octanol–water partition coefficient (Wildman–Crippen LogP) is -0.105. The lowest BCUT2D eigenvalue weighted by Gasteiger charge is -2.23. The number of nitrogens with zero attached hydrogens (tertiary/aromatic N) is 4. The van der Waals surface area contributed by atoms with Crippen LogP contribution in [0.25, 0.3) is 11.2 Å². The molecule has 3 rings (SSSR count). The van der Waals surface area contributed by atoms with Gasteiger partial charge in [-0.1, -0.05) is 0 Å². The van der Waals surface area contributed by atoms with Gasteiger partial charge in [0.25, 0.3) is 0 Å². The van der Waals surface area contributed by atoms with E-state index in [4.69, 9.17) is 25.1 Å². The number of hydrogen-bond acceptors (Lipinski definition) is 11. The van der Waals surface area contributed by atoms with Gasteiger partial charge in [0.15, 0.2) is 29.9 Å². The lowest BCUT2D eigenvalue weighted by atomic mass is 10.1. The smallest absolute Gasteiger partial charge is 0.303 e. The van der Waals surface area contributed by atoms with E-state index in [0.717, 1.165) is 0 Å². The minimum atomic E-state index is -0.908. The molecule has 1 saturated heterocycles. The van der Waals surface area contributed by atoms with Crippen molar-refractivity contribution in [3.8, 4) is 0 Å². The van der Waals surface area contributed by atoms with Crippen molar-refractivity contribution < 1.29 is 28.9 Å². The first-order valence-corrected chi connectivity index (χ1v) is 9.69. The van der Waals surface area contributed by atoms with Crippen molar-refractivity contribution in [3.05, 3.63) is 12.7 Å². The van der Waals surface area contributed by atoms with Crippen molar-refractivity contribution in [1.82, 2.24) is 19.5 Å². The summed E-state index contributed by atoms with van der Waals surface area (Å²) in [7, 11) is 0. The van der Waals surface area contributed by atoms with Crippen LogP contribution in [-0.4, -0.2) is 73.0 Å². The maximum absolute atomic E-state index is 11.7. The number of thioether (sulfide) groups is 1. The second-order valence-corrected chi connectivity index (χ2v) is 7.24. The zero-order valence-corrected chi connectivity index (χ0v) is 16.2. The minimum absolute atomic E-state index is 0.00871. The van der Waals surface area contributed by atoms with E-state index in [-0.39, 0.29) is 12.4 Å². The third-order valence-electron chi connectivity index (χ3n) is 4.07. The van der Waals surface area contributed by atoms with Gasteiger partial charge in [-0.2, -0.15) is 11.8 Å². The van der Waals surface area contributed by atoms with Gasteiger partial charge >= 0.3 is 11.9 Å². The number of carbonyl (C=O) groups is 2. The molecule has 1 aliphatic rings. The van der Waals surface area contributed by atoms with Crippen LogP contribution in [0.3, 0.4) is 0 Å². The zero-order chi connectivity index (χ0) is 20.3. The Morgan fingerprint density at radius 3 is 2.64 bits per heavy atom. The molecule has 0 spiro atoms. The molecule has 1 aliphatic heterocycles. The number of esters is 2. The number of carbonyl (C=O) groups excluding carboxylic acids is 2. The molecule has 4 atom stereocenters. The summed E-state index contributed by atoms with van der Waals surface area (Å²) < 4.78 is 18.5. The molecule has 0 amide bonds. The predicted molar refractivity (Wildman–Crippen MR) is 99.2 cm³/mol. The molecule has 1 fully saturated rings. The molecule has 0 bridgehead atoms. The van der Waals surface area contributed by atoms with Crippen molar-refractivity contribution in [1.29, 1.82) is 0 Å². The van der Waals surface area contributed by atoms with Crippen molar-refractivity contribution in [3.63, 3.8) is 0 Å². The highest BCUT2D eigenvalue weighted by Gasteiger charge is 2.50. The molecule has 3 heterocycles. The second-order valence-electron chi connectivity index (χ2n) is 6.09. The molecule has 2 aromatic heterocycles. The normalized spacial score (nSPS) is 24.4. The largest absolute Gasteiger partial charge is 0.456 e. The van der Waals surface area contributed by atoms with E-state index in [1.807, 2.05) is 0 Å². The van der Waals surface area contributed by atoms with Gasteiger partial charge in [0, 0.05) is 25.4 Å². The molecule has 3 N–H and O–H groups in total. The van der Waals surface area contributed by atoms with E-state index in [0.29, 0.717) is 22.7 Å². The third kappa shape index (κ3) is 4.18. The van der Waals surface area contributed by atoms with Gasteiger partial charge in [-0.05, 0) is 0 Å². The summed E-state index contributed by atoms with van der Waals surface area (Å²) in [6.45, 7) is 2.55. The maximum Gasteiger partial charge on any atom is 0.303 e. The summed E-state index contributed by atoms with van der Waals surface area (Å²) in [5.41, 5.74) is 6.62. The van der Waals surface area contributed by atoms with E-state index >= 15 is 0 Å². The average Bonchev–Trinajstić information content (AvgIpc) is 3.18. The van der Waals surface area contributed by atoms with Gasteiger partial charge in [-0.3, -0.25) is 14.2 Å². The Morgan fingerprint density at radius 2 is 1.96 bits per heavy atom. The van der Waals surface area contributed by atoms with Crippen LogP contribution in [0.5, 0.6) is 0 Å². The van der Waals surface area contributed by atoms with Crippen LogP contribution in [0.15, 0.2) is 12.7 Å². The molecule has 0 aliphatic carbocycles. The maximum atomic E-state index is 11.7. The Balaban J connectivity index is 1.97. The van der Waals surface area contributed by atoms with E-state index in [2.05, 4.69) is 15.0 Å². The van der Waals surface area contributed by atoms with E-state index in [1.165, 1.54) is 38.3 Å². The Hall–Kier alpha value is -2.44. The second kappa shape index (κ2) is 8.71. The molecular formula is C16H21N5O6S. The molecule has 2 aromatic rings. The van der Waals surface area contributed by atoms with Crippen LogP contribution in [0.2, 0.25) is 0 Å². The molecule has 0 saturated carbocycles. The standard InChI is InChI=1S/C16H21N5O6S/c1-8(23)25-12-10(5-28-4-3-22)27-16(13(12)26-9(2)24)21-7-20-11-14(17)18-6-19-15(11)21/h6-7,10,12-13,16,22H,3-5H2,1-2H3,(H2,17,18,19)/t10-,12-,13-,16-/m1/s1. The first-order chi connectivity index (χ1) is 13.4. The highest BCUT2D eigenvalue weighted by atomic mass is 32.2. The number of imidazole rings is 1. The summed E-state index contributed by atoms with van der Waals surface area (Å²) in [6, 6.07) is 0. The Bertz CT molecular complexity index is 861. The van der Waals surface area contributed by atoms with Crippen LogP contribution in [-0.2, 0) is 23.8 Å². The fraction of sp³-hybridized carbons (Fsp3) is 0.562. The summed E-state index contributed by atoms with van der Waals surface area (Å²) in [4.78, 5) is 35.6. The molecule has 152 valence electrons. The zero-order valence-electron chi connectivity index (χ0n) is 15.3. The molecule has 0 radical (unpaired) electrons. The SMILES string of the molecule is CC(=O)O[C@@H]1[C@H](OC(C)=O)[C@@H](CSCCO)O[C@H]1n1cnc2c(N)ncnc21. The molecule has 0 aromatic carbocycles. The summed E-state index contributed by atoms with van der Waals surface area (Å²) in [6.07, 6.45) is -0.364. The Kier molecular flexibility index (Phi) is 6.31. The summed E-state index contributed by atoms with van der Waals surface area (Å²) in [5.74, 6) is 0.0603. The van der Waals surface area contributed by atoms with Crippen LogP contribution in [0.1, 0.15) is 20.1 Å². The molecular weight excluding hydrogens is 390 g/mol. The number of aromatic nitrogens is 4. The Labute approximate surface area is 164 Å². The van der Waals surface area contributed by atoms with Crippen molar-refractivity contribution in [2.45, 2.75) is 38.4 Å². The number of anilines is 1. The van der Waals surface area contributed by atoms with E-state index in [1.54, 1.807) is 4.57 Å². The fourth-order valence-electron chi connectivity index (χ4n) is 3.04. The average molecular weight is 411 g/mol. The number of nitrogens with two attached hydrogens (primary N) is 1. The van der Waals surface area contributed by atoms with Gasteiger partial charge in [0.1, 0.15) is 17.9 Å². The number of hydrogen-bond donors (Lipinski definition) is 2. The monoisotopic (exact) mass is 411 g/mol. The number of ether oxygens (including phenoxy) is 3. The Morgan fingerprint density at radius 1 is 1.25 bits per heavy atom. The number of nitrogen functional groups attached to an aromatic ring is 1. The summed E-state index contributed by atoms with van der Waals surface area (Å²) >= 11 is 1.43. The number of rotatable bonds is 7. The lowest BCUT2D eigenvalue weighted by Crippen LogP contribution is -2.39. The van der Waals surface area contributed by atoms with Gasteiger partial charge in [0.05, 0.1) is 12.9 Å². The number of fused-ring (bicyclic) bond motifs is 1. The van der Waals surface area contributed by atoms with Crippen LogP contribution >= 0.6 is 11.8 Å². The quantitative estimate of drug-likeness (QED) is 0.464. The van der Waals surface area contributed by atoms with Gasteiger partial charge in [0.2, 0.25) is 0 Å². The highest BCUT2D eigenvalue weighted by molar-refractivity contribution is 7.99. The molecule has 12 heteroatoms. The number of aliphatic hydroxyl groups excluding tert-OH is 1. The van der Waals surface area contributed by atoms with Crippen LogP contribution in [0.4, 0.5) is 5.82 Å². The first-order valence-electron chi connectivity index (χ1n) is 8.54. The van der Waals surface area contributed by atoms with E-state index < -0.39 is 36.5 Å². The third-order valence-corrected chi connectivity index (χ3v) is 5.10. The van der Waals surface area contributed by atoms with Crippen molar-refractivity contribution in [2.24, 2.45) is 0 Å². The van der Waals surface area contributed by atoms with Gasteiger partial charge < -0.3 is 25.1 Å². The minimum Gasteiger partial charge on any atom is -0.456 e. The molecule has 0 unspecified atom stereocenters. The first kappa shape index (κ1) is 20.3. The number of aliphatic hydroxyl groups is 1. The molecule has 28 heavy (non-hydrogen) atoms. The summed E-state index contributed by atoms with van der Waals surface area (Å²) in [5, 5.41) is 9.01.